The van der Waals surface area contributed by atoms with Gasteiger partial charge in [0.05, 0.1) is 4.90 Å². The summed E-state index contributed by atoms with van der Waals surface area (Å²) < 4.78 is 32.9. The monoisotopic (exact) mass is 488 g/mol. The van der Waals surface area contributed by atoms with Crippen molar-refractivity contribution in [1.82, 2.24) is 19.4 Å². The van der Waals surface area contributed by atoms with E-state index in [0.29, 0.717) is 36.0 Å². The third-order valence-electron chi connectivity index (χ3n) is 6.01. The predicted octanol–water partition coefficient (Wildman–Crippen LogP) is 3.86. The van der Waals surface area contributed by atoms with E-state index >= 15 is 0 Å². The Balaban J connectivity index is 1.23. The molecule has 8 nitrogen and oxygen atoms in total. The number of sulfonamides is 1. The van der Waals surface area contributed by atoms with Crippen molar-refractivity contribution in [3.63, 3.8) is 0 Å². The van der Waals surface area contributed by atoms with Crippen molar-refractivity contribution in [1.29, 1.82) is 0 Å². The Kier molecular flexibility index (Phi) is 6.19. The highest BCUT2D eigenvalue weighted by Crippen LogP contribution is 2.25. The predicted molar refractivity (Wildman–Crippen MR) is 131 cm³/mol. The van der Waals surface area contributed by atoms with Crippen LogP contribution in [0.15, 0.2) is 88.2 Å². The summed E-state index contributed by atoms with van der Waals surface area (Å²) in [5.74, 6) is 0.668. The summed E-state index contributed by atoms with van der Waals surface area (Å²) in [5.41, 5.74) is 3.22. The van der Waals surface area contributed by atoms with Gasteiger partial charge in [-0.1, -0.05) is 35.9 Å². The minimum absolute atomic E-state index is 0.140. The van der Waals surface area contributed by atoms with Crippen LogP contribution in [0.4, 0.5) is 0 Å². The van der Waals surface area contributed by atoms with Gasteiger partial charge >= 0.3 is 0 Å². The molecule has 0 radical (unpaired) electrons. The maximum Gasteiger partial charge on any atom is 0.253 e. The summed E-state index contributed by atoms with van der Waals surface area (Å²) in [6.07, 6.45) is 0. The first-order valence-corrected chi connectivity index (χ1v) is 12.7. The number of hydrogen-bond donors (Lipinski definition) is 0. The number of nitrogens with zero attached hydrogens (tertiary/aromatic N) is 4. The lowest BCUT2D eigenvalue weighted by Gasteiger charge is -2.34. The Morgan fingerprint density at radius 2 is 1.31 bits per heavy atom. The molecular formula is C26H24N4O4S. The van der Waals surface area contributed by atoms with Crippen molar-refractivity contribution in [2.24, 2.45) is 0 Å². The first-order valence-electron chi connectivity index (χ1n) is 11.3. The number of carbonyl (C=O) groups is 1. The molecule has 2 heterocycles. The molecule has 0 aliphatic carbocycles. The van der Waals surface area contributed by atoms with Crippen LogP contribution in [0.5, 0.6) is 0 Å². The first-order chi connectivity index (χ1) is 16.9. The van der Waals surface area contributed by atoms with E-state index in [2.05, 4.69) is 10.2 Å². The second kappa shape index (κ2) is 9.44. The van der Waals surface area contributed by atoms with Gasteiger partial charge in [-0.05, 0) is 55.5 Å². The van der Waals surface area contributed by atoms with Crippen LogP contribution < -0.4 is 0 Å². The van der Waals surface area contributed by atoms with Crippen LogP contribution in [-0.4, -0.2) is 59.9 Å². The van der Waals surface area contributed by atoms with Crippen LogP contribution in [0.1, 0.15) is 15.9 Å². The average Bonchev–Trinajstić information content (AvgIpc) is 3.40. The topological polar surface area (TPSA) is 96.6 Å². The van der Waals surface area contributed by atoms with Gasteiger partial charge in [0.25, 0.3) is 5.91 Å². The number of piperazine rings is 1. The molecule has 3 aromatic carbocycles. The molecule has 1 fully saturated rings. The number of amides is 1. The molecule has 5 rings (SSSR count). The van der Waals surface area contributed by atoms with Crippen LogP contribution in [0.3, 0.4) is 0 Å². The van der Waals surface area contributed by atoms with E-state index in [1.54, 1.807) is 59.5 Å². The highest BCUT2D eigenvalue weighted by atomic mass is 32.2. The summed E-state index contributed by atoms with van der Waals surface area (Å²) >= 11 is 0. The summed E-state index contributed by atoms with van der Waals surface area (Å²) in [5, 5.41) is 8.26. The lowest BCUT2D eigenvalue weighted by atomic mass is 10.1. The third kappa shape index (κ3) is 4.73. The van der Waals surface area contributed by atoms with Crippen molar-refractivity contribution in [3.05, 3.63) is 90.0 Å². The first kappa shape index (κ1) is 22.9. The van der Waals surface area contributed by atoms with Crippen molar-refractivity contribution >= 4 is 15.9 Å². The molecule has 4 aromatic rings. The minimum atomic E-state index is -3.56. The van der Waals surface area contributed by atoms with Crippen molar-refractivity contribution < 1.29 is 17.6 Å². The van der Waals surface area contributed by atoms with Gasteiger partial charge in [0.1, 0.15) is 0 Å². The van der Waals surface area contributed by atoms with Crippen molar-refractivity contribution in [2.45, 2.75) is 11.8 Å². The van der Waals surface area contributed by atoms with E-state index in [9.17, 15) is 13.2 Å². The van der Waals surface area contributed by atoms with Crippen molar-refractivity contribution in [2.75, 3.05) is 26.2 Å². The van der Waals surface area contributed by atoms with Crippen LogP contribution in [-0.2, 0) is 10.0 Å². The van der Waals surface area contributed by atoms with Crippen LogP contribution >= 0.6 is 0 Å². The van der Waals surface area contributed by atoms with Gasteiger partial charge in [-0.15, -0.1) is 10.2 Å². The molecule has 178 valence electrons. The van der Waals surface area contributed by atoms with Gasteiger partial charge in [0, 0.05) is 42.9 Å². The van der Waals surface area contributed by atoms with Gasteiger partial charge in [0.2, 0.25) is 21.8 Å². The molecule has 0 bridgehead atoms. The lowest BCUT2D eigenvalue weighted by molar-refractivity contribution is 0.0698. The zero-order valence-electron chi connectivity index (χ0n) is 19.2. The molecule has 0 saturated carbocycles. The highest BCUT2D eigenvalue weighted by Gasteiger charge is 2.30. The Morgan fingerprint density at radius 1 is 0.771 bits per heavy atom. The van der Waals surface area contributed by atoms with Gasteiger partial charge < -0.3 is 9.32 Å². The molecule has 1 amide bonds. The number of hydrogen-bond acceptors (Lipinski definition) is 6. The molecule has 1 aliphatic rings. The summed E-state index contributed by atoms with van der Waals surface area (Å²) in [6.45, 7) is 3.18. The smallest absolute Gasteiger partial charge is 0.253 e. The lowest BCUT2D eigenvalue weighted by Crippen LogP contribution is -2.50. The van der Waals surface area contributed by atoms with E-state index in [1.165, 1.54) is 4.31 Å². The third-order valence-corrected chi connectivity index (χ3v) is 7.92. The Morgan fingerprint density at radius 3 is 1.89 bits per heavy atom. The van der Waals surface area contributed by atoms with Gasteiger partial charge in [-0.25, -0.2) is 8.42 Å². The number of aromatic nitrogens is 2. The number of carbonyl (C=O) groups excluding carboxylic acids is 1. The normalized spacial score (nSPS) is 14.7. The fourth-order valence-electron chi connectivity index (χ4n) is 3.96. The largest absolute Gasteiger partial charge is 0.416 e. The fourth-order valence-corrected chi connectivity index (χ4v) is 5.41. The molecule has 0 spiro atoms. The Labute approximate surface area is 203 Å². The summed E-state index contributed by atoms with van der Waals surface area (Å²) in [6, 6.07) is 23.2. The Bertz CT molecular complexity index is 1420. The molecule has 1 aromatic heterocycles. The molecular weight excluding hydrogens is 464 g/mol. The molecule has 1 saturated heterocycles. The molecule has 35 heavy (non-hydrogen) atoms. The summed E-state index contributed by atoms with van der Waals surface area (Å²) in [4.78, 5) is 14.9. The number of benzene rings is 3. The maximum absolute atomic E-state index is 13.0. The zero-order chi connectivity index (χ0) is 24.4. The molecule has 0 N–H and O–H groups in total. The van der Waals surface area contributed by atoms with Gasteiger partial charge in [-0.2, -0.15) is 4.31 Å². The maximum atomic E-state index is 13.0. The molecule has 9 heteroatoms. The van der Waals surface area contributed by atoms with E-state index in [0.717, 1.165) is 11.1 Å². The quantitative estimate of drug-likeness (QED) is 0.423. The van der Waals surface area contributed by atoms with Crippen molar-refractivity contribution in [3.8, 4) is 22.9 Å². The fraction of sp³-hybridized carbons (Fsp3) is 0.192. The van der Waals surface area contributed by atoms with E-state index in [-0.39, 0.29) is 23.9 Å². The zero-order valence-corrected chi connectivity index (χ0v) is 20.0. The molecule has 1 aliphatic heterocycles. The van der Waals surface area contributed by atoms with Gasteiger partial charge in [-0.3, -0.25) is 4.79 Å². The SMILES string of the molecule is Cc1ccc(-c2nnc(-c3ccc(C(=O)N4CCN(S(=O)(=O)c5ccccc5)CC4)cc3)o2)cc1. The highest BCUT2D eigenvalue weighted by molar-refractivity contribution is 7.89. The average molecular weight is 489 g/mol. The molecule has 0 unspecified atom stereocenters. The van der Waals surface area contributed by atoms with Gasteiger partial charge in [0.15, 0.2) is 0 Å². The standard InChI is InChI=1S/C26H24N4O4S/c1-19-7-9-20(10-8-19)24-27-28-25(34-24)21-11-13-22(14-12-21)26(31)29-15-17-30(18-16-29)35(32,33)23-5-3-2-4-6-23/h2-14H,15-18H2,1H3. The number of rotatable bonds is 5. The van der Waals surface area contributed by atoms with Crippen LogP contribution in [0, 0.1) is 6.92 Å². The van der Waals surface area contributed by atoms with Crippen LogP contribution in [0.2, 0.25) is 0 Å². The van der Waals surface area contributed by atoms with E-state index in [1.807, 2.05) is 31.2 Å². The summed E-state index contributed by atoms with van der Waals surface area (Å²) in [7, 11) is -3.56. The second-order valence-corrected chi connectivity index (χ2v) is 10.3. The minimum Gasteiger partial charge on any atom is -0.416 e. The van der Waals surface area contributed by atoms with E-state index < -0.39 is 10.0 Å². The van der Waals surface area contributed by atoms with E-state index in [4.69, 9.17) is 4.42 Å². The second-order valence-electron chi connectivity index (χ2n) is 8.37. The molecule has 0 atom stereocenters. The number of aryl methyl sites for hydroxylation is 1. The Hall–Kier alpha value is -3.82. The van der Waals surface area contributed by atoms with Crippen LogP contribution in [0.25, 0.3) is 22.9 Å².